The zero-order valence-corrected chi connectivity index (χ0v) is 18.7. The van der Waals surface area contributed by atoms with Gasteiger partial charge in [-0.1, -0.05) is 48.5 Å². The number of halogens is 1. The third-order valence-corrected chi connectivity index (χ3v) is 5.68. The molecule has 0 aliphatic heterocycles. The molecule has 0 aliphatic carbocycles. The third-order valence-electron chi connectivity index (χ3n) is 4.95. The molecule has 3 heterocycles. The van der Waals surface area contributed by atoms with Gasteiger partial charge in [-0.15, -0.1) is 5.10 Å². The van der Waals surface area contributed by atoms with Gasteiger partial charge in [0.25, 0.3) is 0 Å². The summed E-state index contributed by atoms with van der Waals surface area (Å²) in [6, 6.07) is 24.4. The van der Waals surface area contributed by atoms with Crippen LogP contribution in [0.3, 0.4) is 0 Å². The predicted molar refractivity (Wildman–Crippen MR) is 126 cm³/mol. The van der Waals surface area contributed by atoms with Crippen molar-refractivity contribution < 1.29 is 4.74 Å². The Hall–Kier alpha value is -4.29. The molecule has 5 aromatic rings. The summed E-state index contributed by atoms with van der Waals surface area (Å²) in [6.45, 7) is 0. The first-order valence-corrected chi connectivity index (χ1v) is 10.8. The summed E-state index contributed by atoms with van der Waals surface area (Å²) in [7, 11) is 0. The van der Waals surface area contributed by atoms with Gasteiger partial charge in [0.2, 0.25) is 11.8 Å². The largest absolute Gasteiger partial charge is 0.461 e. The molecule has 3 aromatic heterocycles. The average Bonchev–Trinajstić information content (AvgIpc) is 3.32. The number of nitriles is 1. The van der Waals surface area contributed by atoms with Crippen LogP contribution in [0.15, 0.2) is 83.5 Å². The van der Waals surface area contributed by atoms with Gasteiger partial charge in [0, 0.05) is 23.4 Å². The van der Waals surface area contributed by atoms with Crippen molar-refractivity contribution >= 4 is 27.5 Å². The third kappa shape index (κ3) is 4.00. The molecule has 160 valence electrons. The van der Waals surface area contributed by atoms with Crippen LogP contribution in [0.1, 0.15) is 23.1 Å². The van der Waals surface area contributed by atoms with E-state index in [-0.39, 0.29) is 5.95 Å². The van der Waals surface area contributed by atoms with E-state index < -0.39 is 6.10 Å². The fourth-order valence-corrected chi connectivity index (χ4v) is 3.99. The number of nitrogen functional groups attached to an aromatic ring is 1. The minimum absolute atomic E-state index is 0.161. The van der Waals surface area contributed by atoms with Crippen molar-refractivity contribution in [2.24, 2.45) is 0 Å². The quantitative estimate of drug-likeness (QED) is 0.378. The smallest absolute Gasteiger partial charge is 0.223 e. The molecule has 0 bridgehead atoms. The molecule has 0 amide bonds. The second kappa shape index (κ2) is 8.68. The standard InChI is InChI=1S/C24H16BrN7O/c25-19-20(17-10-6-7-15(13-17)14-26)29-24(27)32-23(19)30-22(31-32)21(16-8-2-1-3-9-16)33-18-11-4-5-12-28-18/h1-13,21H,(H2,27,29). The van der Waals surface area contributed by atoms with Crippen LogP contribution in [0, 0.1) is 11.3 Å². The number of ether oxygens (including phenoxy) is 1. The van der Waals surface area contributed by atoms with Crippen LogP contribution in [-0.2, 0) is 0 Å². The highest BCUT2D eigenvalue weighted by atomic mass is 79.9. The van der Waals surface area contributed by atoms with Crippen LogP contribution in [-0.4, -0.2) is 24.6 Å². The molecule has 0 saturated carbocycles. The number of fused-ring (bicyclic) bond motifs is 1. The minimum Gasteiger partial charge on any atom is -0.461 e. The maximum Gasteiger partial charge on any atom is 0.223 e. The SMILES string of the molecule is N#Cc1cccc(-c2nc(N)n3nc(C(Oc4ccccn4)c4ccccc4)nc3c2Br)c1. The second-order valence-corrected chi connectivity index (χ2v) is 7.90. The summed E-state index contributed by atoms with van der Waals surface area (Å²) in [5.41, 5.74) is 9.43. The van der Waals surface area contributed by atoms with Crippen molar-refractivity contribution in [3.8, 4) is 23.2 Å². The molecule has 2 aromatic carbocycles. The Balaban J connectivity index is 1.65. The van der Waals surface area contributed by atoms with Gasteiger partial charge < -0.3 is 10.5 Å². The first-order chi connectivity index (χ1) is 16.1. The molecular formula is C24H16BrN7O. The van der Waals surface area contributed by atoms with Gasteiger partial charge in [-0.05, 0) is 34.1 Å². The number of aromatic nitrogens is 5. The minimum atomic E-state index is -0.613. The summed E-state index contributed by atoms with van der Waals surface area (Å²) in [5.74, 6) is 1.02. The van der Waals surface area contributed by atoms with E-state index in [0.717, 1.165) is 11.1 Å². The normalized spacial score (nSPS) is 11.8. The van der Waals surface area contributed by atoms with Crippen LogP contribution in [0.4, 0.5) is 5.95 Å². The molecule has 0 saturated heterocycles. The Labute approximate surface area is 197 Å². The molecule has 1 atom stereocenters. The fraction of sp³-hybridized carbons (Fsp3) is 0.0417. The van der Waals surface area contributed by atoms with E-state index in [1.807, 2.05) is 48.5 Å². The Bertz CT molecular complexity index is 1480. The molecular weight excluding hydrogens is 482 g/mol. The Kier molecular flexibility index (Phi) is 5.42. The molecule has 5 rings (SSSR count). The van der Waals surface area contributed by atoms with Crippen LogP contribution in [0.2, 0.25) is 0 Å². The Morgan fingerprint density at radius 1 is 1.00 bits per heavy atom. The van der Waals surface area contributed by atoms with E-state index in [9.17, 15) is 5.26 Å². The lowest BCUT2D eigenvalue weighted by atomic mass is 10.1. The van der Waals surface area contributed by atoms with Gasteiger partial charge in [-0.2, -0.15) is 9.78 Å². The van der Waals surface area contributed by atoms with E-state index in [1.165, 1.54) is 4.52 Å². The van der Waals surface area contributed by atoms with Crippen molar-refractivity contribution in [3.63, 3.8) is 0 Å². The van der Waals surface area contributed by atoms with E-state index in [0.29, 0.717) is 33.1 Å². The molecule has 8 nitrogen and oxygen atoms in total. The number of pyridine rings is 1. The van der Waals surface area contributed by atoms with E-state index in [1.54, 1.807) is 30.5 Å². The molecule has 9 heteroatoms. The summed E-state index contributed by atoms with van der Waals surface area (Å²) in [5, 5.41) is 13.8. The Morgan fingerprint density at radius 2 is 1.82 bits per heavy atom. The van der Waals surface area contributed by atoms with E-state index in [2.05, 4.69) is 37.1 Å². The van der Waals surface area contributed by atoms with Crippen LogP contribution >= 0.6 is 15.9 Å². The van der Waals surface area contributed by atoms with Gasteiger partial charge in [0.05, 0.1) is 21.8 Å². The number of nitrogens with zero attached hydrogens (tertiary/aromatic N) is 6. The monoisotopic (exact) mass is 497 g/mol. The number of rotatable bonds is 5. The van der Waals surface area contributed by atoms with Crippen molar-refractivity contribution in [2.75, 3.05) is 5.73 Å². The van der Waals surface area contributed by atoms with Crippen molar-refractivity contribution in [1.29, 1.82) is 5.26 Å². The van der Waals surface area contributed by atoms with Crippen LogP contribution in [0.5, 0.6) is 5.88 Å². The maximum atomic E-state index is 9.25. The van der Waals surface area contributed by atoms with E-state index in [4.69, 9.17) is 15.5 Å². The number of benzene rings is 2. The lowest BCUT2D eigenvalue weighted by molar-refractivity contribution is 0.227. The van der Waals surface area contributed by atoms with Crippen molar-refractivity contribution in [3.05, 3.63) is 100 Å². The summed E-state index contributed by atoms with van der Waals surface area (Å²) in [6.07, 6.45) is 1.05. The summed E-state index contributed by atoms with van der Waals surface area (Å²) >= 11 is 3.61. The molecule has 2 N–H and O–H groups in total. The number of nitrogens with two attached hydrogens (primary N) is 1. The van der Waals surface area contributed by atoms with Crippen LogP contribution < -0.4 is 10.5 Å². The van der Waals surface area contributed by atoms with E-state index >= 15 is 0 Å². The molecule has 0 aliphatic rings. The van der Waals surface area contributed by atoms with Crippen molar-refractivity contribution in [1.82, 2.24) is 24.6 Å². The summed E-state index contributed by atoms with van der Waals surface area (Å²) in [4.78, 5) is 13.5. The van der Waals surface area contributed by atoms with Gasteiger partial charge in [-0.25, -0.2) is 15.0 Å². The lowest BCUT2D eigenvalue weighted by Crippen LogP contribution is -2.12. The molecule has 33 heavy (non-hydrogen) atoms. The average molecular weight is 498 g/mol. The van der Waals surface area contributed by atoms with Gasteiger partial charge in [0.15, 0.2) is 17.6 Å². The summed E-state index contributed by atoms with van der Waals surface area (Å²) < 4.78 is 8.25. The molecule has 1 unspecified atom stereocenters. The predicted octanol–water partition coefficient (Wildman–Crippen LogP) is 4.57. The topological polar surface area (TPSA) is 115 Å². The molecule has 0 spiro atoms. The highest BCUT2D eigenvalue weighted by Gasteiger charge is 2.25. The zero-order chi connectivity index (χ0) is 22.8. The number of anilines is 1. The first kappa shape index (κ1) is 20.6. The number of hydrogen-bond donors (Lipinski definition) is 1. The van der Waals surface area contributed by atoms with Gasteiger partial charge in [0.1, 0.15) is 0 Å². The van der Waals surface area contributed by atoms with Gasteiger partial charge in [-0.3, -0.25) is 0 Å². The lowest BCUT2D eigenvalue weighted by Gasteiger charge is -2.15. The Morgan fingerprint density at radius 3 is 2.58 bits per heavy atom. The van der Waals surface area contributed by atoms with Gasteiger partial charge >= 0.3 is 0 Å². The first-order valence-electron chi connectivity index (χ1n) is 9.99. The van der Waals surface area contributed by atoms with Crippen LogP contribution in [0.25, 0.3) is 16.9 Å². The zero-order valence-electron chi connectivity index (χ0n) is 17.1. The molecule has 0 fully saturated rings. The maximum absolute atomic E-state index is 9.25. The van der Waals surface area contributed by atoms with Crippen molar-refractivity contribution in [2.45, 2.75) is 6.10 Å². The molecule has 0 radical (unpaired) electrons. The highest BCUT2D eigenvalue weighted by molar-refractivity contribution is 9.10. The fourth-order valence-electron chi connectivity index (χ4n) is 3.42. The highest BCUT2D eigenvalue weighted by Crippen LogP contribution is 2.33. The second-order valence-electron chi connectivity index (χ2n) is 7.11. The number of hydrogen-bond acceptors (Lipinski definition) is 7.